The van der Waals surface area contributed by atoms with Crippen molar-refractivity contribution in [1.29, 1.82) is 0 Å². The number of pyridine rings is 1. The van der Waals surface area contributed by atoms with Gasteiger partial charge in [0.1, 0.15) is 11.6 Å². The van der Waals surface area contributed by atoms with Gasteiger partial charge in [-0.15, -0.1) is 11.8 Å². The van der Waals surface area contributed by atoms with Gasteiger partial charge in [-0.2, -0.15) is 0 Å². The molecule has 2 aromatic rings. The third-order valence-corrected chi connectivity index (χ3v) is 4.81. The van der Waals surface area contributed by atoms with E-state index in [0.717, 1.165) is 23.1 Å². The van der Waals surface area contributed by atoms with Crippen LogP contribution >= 0.6 is 11.8 Å². The molecule has 0 saturated carbocycles. The number of carbonyl (C=O) groups excluding carboxylic acids is 1. The Hall–Kier alpha value is -1.92. The largest absolute Gasteiger partial charge is 0.438 e. The first-order valence-electron chi connectivity index (χ1n) is 10.7. The van der Waals surface area contributed by atoms with Crippen LogP contribution in [0.2, 0.25) is 0 Å². The molecule has 168 valence electrons. The maximum atomic E-state index is 13.1. The van der Waals surface area contributed by atoms with Gasteiger partial charge in [-0.3, -0.25) is 4.79 Å². The first-order valence-corrected chi connectivity index (χ1v) is 11.9. The first kappa shape index (κ1) is 28.1. The van der Waals surface area contributed by atoms with Crippen LogP contribution in [0.5, 0.6) is 11.6 Å². The molecule has 1 fully saturated rings. The molecule has 6 heteroatoms. The van der Waals surface area contributed by atoms with E-state index in [0.29, 0.717) is 5.75 Å². The summed E-state index contributed by atoms with van der Waals surface area (Å²) in [6, 6.07) is 8.51. The van der Waals surface area contributed by atoms with E-state index in [9.17, 15) is 9.18 Å². The zero-order valence-corrected chi connectivity index (χ0v) is 20.2. The molecule has 0 radical (unpaired) electrons. The predicted molar refractivity (Wildman–Crippen MR) is 126 cm³/mol. The number of nitrogens with one attached hydrogen (secondary N) is 1. The fourth-order valence-corrected chi connectivity index (χ4v) is 2.95. The number of piperidine rings is 1. The minimum absolute atomic E-state index is 0.118. The Morgan fingerprint density at radius 1 is 1.17 bits per heavy atom. The van der Waals surface area contributed by atoms with Crippen LogP contribution in [0.3, 0.4) is 0 Å². The van der Waals surface area contributed by atoms with Crippen LogP contribution in [0.15, 0.2) is 41.4 Å². The lowest BCUT2D eigenvalue weighted by Crippen LogP contribution is -2.26. The number of thioether (sulfide) groups is 1. The monoisotopic (exact) mass is 436 g/mol. The molecule has 2 heterocycles. The van der Waals surface area contributed by atoms with E-state index in [1.165, 1.54) is 32.9 Å². The predicted octanol–water partition coefficient (Wildman–Crippen LogP) is 7.00. The van der Waals surface area contributed by atoms with Gasteiger partial charge in [0, 0.05) is 4.90 Å². The topological polar surface area (TPSA) is 51.2 Å². The van der Waals surface area contributed by atoms with Crippen LogP contribution in [0.4, 0.5) is 4.39 Å². The minimum Gasteiger partial charge on any atom is -0.438 e. The van der Waals surface area contributed by atoms with Gasteiger partial charge in [0.05, 0.1) is 11.8 Å². The molecule has 0 amide bonds. The van der Waals surface area contributed by atoms with Crippen LogP contribution in [0.1, 0.15) is 64.7 Å². The summed E-state index contributed by atoms with van der Waals surface area (Å²) in [4.78, 5) is 16.3. The third kappa shape index (κ3) is 10.7. The van der Waals surface area contributed by atoms with Gasteiger partial charge < -0.3 is 10.1 Å². The number of benzene rings is 1. The van der Waals surface area contributed by atoms with E-state index in [4.69, 9.17) is 4.74 Å². The molecule has 3 rings (SSSR count). The lowest BCUT2D eigenvalue weighted by molar-refractivity contribution is 0.101. The smallest absolute Gasteiger partial charge is 0.230 e. The van der Waals surface area contributed by atoms with Crippen molar-refractivity contribution in [2.75, 3.05) is 19.3 Å². The van der Waals surface area contributed by atoms with E-state index in [2.05, 4.69) is 17.2 Å². The Kier molecular flexibility index (Phi) is 15.8. The summed E-state index contributed by atoms with van der Waals surface area (Å²) in [7, 11) is 0. The van der Waals surface area contributed by atoms with E-state index in [1.54, 1.807) is 17.8 Å². The molecule has 1 aliphatic heterocycles. The molecule has 0 unspecified atom stereocenters. The Morgan fingerprint density at radius 2 is 1.80 bits per heavy atom. The number of hydrogen-bond donors (Lipinski definition) is 1. The van der Waals surface area contributed by atoms with E-state index in [-0.39, 0.29) is 17.2 Å². The zero-order valence-electron chi connectivity index (χ0n) is 19.4. The van der Waals surface area contributed by atoms with Crippen LogP contribution in [0.25, 0.3) is 0 Å². The average molecular weight is 437 g/mol. The van der Waals surface area contributed by atoms with Gasteiger partial charge in [-0.25, -0.2) is 9.37 Å². The number of ketones is 1. The molecule has 4 nitrogen and oxygen atoms in total. The lowest BCUT2D eigenvalue weighted by atomic mass is 10.0. The standard InChI is InChI=1S/C14H12FNO2S.C6H13N.2C2H6/c1-9(17)13-6-10(15)8-16-14(13)18-11-4-3-5-12(7-11)19-2;1-6-2-4-7-5-3-6;2*1-2/h3-8H,1-2H3;6-7H,2-5H2,1H3;2*1-2H3. The lowest BCUT2D eigenvalue weighted by Gasteiger charge is -2.17. The second-order valence-corrected chi connectivity index (χ2v) is 7.16. The Labute approximate surface area is 186 Å². The molecule has 0 spiro atoms. The van der Waals surface area contributed by atoms with Crippen molar-refractivity contribution >= 4 is 17.5 Å². The number of rotatable bonds is 4. The molecule has 1 aromatic heterocycles. The van der Waals surface area contributed by atoms with Crippen LogP contribution < -0.4 is 10.1 Å². The summed E-state index contributed by atoms with van der Waals surface area (Å²) in [5.41, 5.74) is 0.134. The molecule has 0 bridgehead atoms. The van der Waals surface area contributed by atoms with Gasteiger partial charge >= 0.3 is 0 Å². The van der Waals surface area contributed by atoms with Gasteiger partial charge in [0.25, 0.3) is 0 Å². The summed E-state index contributed by atoms with van der Waals surface area (Å²) in [5, 5.41) is 3.32. The van der Waals surface area contributed by atoms with Gasteiger partial charge in [-0.05, 0) is 69.3 Å². The highest BCUT2D eigenvalue weighted by atomic mass is 32.2. The highest BCUT2D eigenvalue weighted by Crippen LogP contribution is 2.27. The Morgan fingerprint density at radius 3 is 2.30 bits per heavy atom. The number of carbonyl (C=O) groups is 1. The highest BCUT2D eigenvalue weighted by molar-refractivity contribution is 7.98. The molecule has 0 atom stereocenters. The molecule has 1 aliphatic rings. The van der Waals surface area contributed by atoms with E-state index >= 15 is 0 Å². The SMILES string of the molecule is CC.CC.CC1CCNCC1.CSc1cccc(Oc2ncc(F)cc2C(C)=O)c1. The van der Waals surface area contributed by atoms with Gasteiger partial charge in [0.2, 0.25) is 5.88 Å². The normalized spacial score (nSPS) is 12.8. The van der Waals surface area contributed by atoms with Gasteiger partial charge in [-0.1, -0.05) is 40.7 Å². The number of aromatic nitrogens is 1. The molecule has 1 aromatic carbocycles. The molecular formula is C24H37FN2O2S. The van der Waals surface area contributed by atoms with Crippen molar-refractivity contribution in [3.8, 4) is 11.6 Å². The highest BCUT2D eigenvalue weighted by Gasteiger charge is 2.12. The van der Waals surface area contributed by atoms with Crippen LogP contribution in [-0.4, -0.2) is 30.1 Å². The Balaban J connectivity index is 0.000000636. The van der Waals surface area contributed by atoms with Crippen LogP contribution in [-0.2, 0) is 0 Å². The second-order valence-electron chi connectivity index (χ2n) is 6.28. The molecule has 0 aliphatic carbocycles. The summed E-state index contributed by atoms with van der Waals surface area (Å²) < 4.78 is 18.6. The molecule has 1 N–H and O–H groups in total. The van der Waals surface area contributed by atoms with Crippen LogP contribution in [0, 0.1) is 11.7 Å². The molecular weight excluding hydrogens is 399 g/mol. The average Bonchev–Trinajstić information content (AvgIpc) is 2.79. The fraction of sp³-hybridized carbons (Fsp3) is 0.500. The quantitative estimate of drug-likeness (QED) is 0.413. The minimum atomic E-state index is -0.560. The number of ether oxygens (including phenoxy) is 1. The number of Topliss-reactive ketones (excluding diaryl/α,β-unsaturated/α-hetero) is 1. The van der Waals surface area contributed by atoms with Crippen molar-refractivity contribution in [3.05, 3.63) is 47.9 Å². The number of halogens is 1. The number of hydrogen-bond acceptors (Lipinski definition) is 5. The van der Waals surface area contributed by atoms with E-state index < -0.39 is 5.82 Å². The number of nitrogens with zero attached hydrogens (tertiary/aromatic N) is 1. The zero-order chi connectivity index (χ0) is 22.9. The van der Waals surface area contributed by atoms with Crippen molar-refractivity contribution < 1.29 is 13.9 Å². The maximum absolute atomic E-state index is 13.1. The maximum Gasteiger partial charge on any atom is 0.230 e. The van der Waals surface area contributed by atoms with Crippen molar-refractivity contribution in [2.24, 2.45) is 5.92 Å². The third-order valence-electron chi connectivity index (χ3n) is 4.08. The first-order chi connectivity index (χ1) is 14.5. The summed E-state index contributed by atoms with van der Waals surface area (Å²) in [6.07, 6.45) is 5.73. The summed E-state index contributed by atoms with van der Waals surface area (Å²) in [6.45, 7) is 14.1. The molecule has 30 heavy (non-hydrogen) atoms. The Bertz CT molecular complexity index is 735. The molecule has 1 saturated heterocycles. The van der Waals surface area contributed by atoms with Crippen molar-refractivity contribution in [1.82, 2.24) is 10.3 Å². The summed E-state index contributed by atoms with van der Waals surface area (Å²) in [5.74, 6) is 0.806. The fourth-order valence-electron chi connectivity index (χ4n) is 2.50. The summed E-state index contributed by atoms with van der Waals surface area (Å²) >= 11 is 1.58. The second kappa shape index (κ2) is 16.8. The van der Waals surface area contributed by atoms with Crippen molar-refractivity contribution in [3.63, 3.8) is 0 Å². The van der Waals surface area contributed by atoms with Gasteiger partial charge in [0.15, 0.2) is 5.78 Å². The van der Waals surface area contributed by atoms with E-state index in [1.807, 2.05) is 52.1 Å². The van der Waals surface area contributed by atoms with Crippen molar-refractivity contribution in [2.45, 2.75) is 59.3 Å².